The minimum atomic E-state index is -0.140. The molecule has 2 aromatic rings. The summed E-state index contributed by atoms with van der Waals surface area (Å²) in [6, 6.07) is 0. The van der Waals surface area contributed by atoms with E-state index in [0.717, 1.165) is 17.2 Å². The normalized spacial score (nSPS) is 10.4. The van der Waals surface area contributed by atoms with Gasteiger partial charge in [-0.3, -0.25) is 4.79 Å². The highest BCUT2D eigenvalue weighted by atomic mass is 32.1. The summed E-state index contributed by atoms with van der Waals surface area (Å²) in [6.07, 6.45) is 4.11. The van der Waals surface area contributed by atoms with E-state index < -0.39 is 0 Å². The van der Waals surface area contributed by atoms with Crippen LogP contribution in [-0.4, -0.2) is 27.7 Å². The molecule has 2 heterocycles. The number of rotatable bonds is 3. The van der Waals surface area contributed by atoms with Gasteiger partial charge in [-0.15, -0.1) is 11.3 Å². The van der Waals surface area contributed by atoms with Crippen LogP contribution >= 0.6 is 11.3 Å². The number of nitrogens with zero attached hydrogens (tertiary/aromatic N) is 3. The summed E-state index contributed by atoms with van der Waals surface area (Å²) >= 11 is 1.52. The van der Waals surface area contributed by atoms with Gasteiger partial charge in [-0.25, -0.2) is 9.67 Å². The molecule has 0 aliphatic carbocycles. The van der Waals surface area contributed by atoms with Crippen molar-refractivity contribution in [3.8, 4) is 5.13 Å². The number of carbonyl (C=O) groups excluding carboxylic acids is 1. The van der Waals surface area contributed by atoms with Gasteiger partial charge in [0.2, 0.25) is 5.13 Å². The van der Waals surface area contributed by atoms with Crippen LogP contribution in [0.2, 0.25) is 0 Å². The average molecular weight is 236 g/mol. The second-order valence-corrected chi connectivity index (χ2v) is 4.06. The van der Waals surface area contributed by atoms with Crippen LogP contribution in [0.15, 0.2) is 17.8 Å². The van der Waals surface area contributed by atoms with Crippen molar-refractivity contribution in [2.45, 2.75) is 13.3 Å². The van der Waals surface area contributed by atoms with Gasteiger partial charge in [-0.2, -0.15) is 5.10 Å². The van der Waals surface area contributed by atoms with E-state index in [4.69, 9.17) is 0 Å². The number of nitrogens with one attached hydrogen (secondary N) is 1. The fourth-order valence-corrected chi connectivity index (χ4v) is 2.09. The van der Waals surface area contributed by atoms with Crippen molar-refractivity contribution >= 4 is 17.2 Å². The molecule has 84 valence electrons. The van der Waals surface area contributed by atoms with Crippen molar-refractivity contribution in [1.82, 2.24) is 20.1 Å². The molecule has 0 unspecified atom stereocenters. The smallest absolute Gasteiger partial charge is 0.254 e. The highest BCUT2D eigenvalue weighted by Crippen LogP contribution is 2.15. The summed E-state index contributed by atoms with van der Waals surface area (Å²) in [4.78, 5) is 15.7. The lowest BCUT2D eigenvalue weighted by molar-refractivity contribution is 0.0963. The van der Waals surface area contributed by atoms with Crippen LogP contribution in [0.1, 0.15) is 23.0 Å². The lowest BCUT2D eigenvalue weighted by Crippen LogP contribution is -2.16. The molecular formula is C10H12N4OS. The van der Waals surface area contributed by atoms with Crippen molar-refractivity contribution < 1.29 is 4.79 Å². The third kappa shape index (κ3) is 1.96. The molecular weight excluding hydrogens is 224 g/mol. The molecule has 6 heteroatoms. The maximum Gasteiger partial charge on any atom is 0.254 e. The maximum absolute atomic E-state index is 11.3. The Kier molecular flexibility index (Phi) is 3.00. The molecule has 0 bridgehead atoms. The Balaban J connectivity index is 2.27. The van der Waals surface area contributed by atoms with Gasteiger partial charge in [0.05, 0.1) is 17.5 Å². The predicted octanol–water partition coefficient (Wildman–Crippen LogP) is 1.25. The van der Waals surface area contributed by atoms with Gasteiger partial charge in [-0.1, -0.05) is 6.92 Å². The van der Waals surface area contributed by atoms with Crippen molar-refractivity contribution in [3.05, 3.63) is 29.0 Å². The summed E-state index contributed by atoms with van der Waals surface area (Å²) in [5, 5.41) is 9.44. The lowest BCUT2D eigenvalue weighted by Gasteiger charge is -1.93. The third-order valence-corrected chi connectivity index (χ3v) is 3.05. The summed E-state index contributed by atoms with van der Waals surface area (Å²) in [5.74, 6) is -0.140. The minimum absolute atomic E-state index is 0.140. The Bertz CT molecular complexity index is 502. The van der Waals surface area contributed by atoms with E-state index in [1.807, 2.05) is 5.38 Å². The van der Waals surface area contributed by atoms with E-state index >= 15 is 0 Å². The topological polar surface area (TPSA) is 59.8 Å². The van der Waals surface area contributed by atoms with E-state index in [2.05, 4.69) is 22.3 Å². The molecule has 0 atom stereocenters. The first-order valence-electron chi connectivity index (χ1n) is 4.96. The zero-order valence-electron chi connectivity index (χ0n) is 9.10. The van der Waals surface area contributed by atoms with E-state index in [1.165, 1.54) is 17.5 Å². The number of hydrogen-bond acceptors (Lipinski definition) is 4. The van der Waals surface area contributed by atoms with Crippen LogP contribution in [0.3, 0.4) is 0 Å². The van der Waals surface area contributed by atoms with Crippen LogP contribution in [0.25, 0.3) is 5.13 Å². The van der Waals surface area contributed by atoms with Crippen molar-refractivity contribution in [2.75, 3.05) is 7.05 Å². The SMILES string of the molecule is CCc1csc(-n2cc(C(=O)NC)cn2)n1. The number of carbonyl (C=O) groups is 1. The molecule has 2 rings (SSSR count). The van der Waals surface area contributed by atoms with Crippen molar-refractivity contribution in [3.63, 3.8) is 0 Å². The van der Waals surface area contributed by atoms with Gasteiger partial charge >= 0.3 is 0 Å². The Labute approximate surface area is 97.1 Å². The van der Waals surface area contributed by atoms with Gasteiger partial charge in [0.15, 0.2) is 0 Å². The first kappa shape index (κ1) is 10.8. The van der Waals surface area contributed by atoms with E-state index in [1.54, 1.807) is 17.9 Å². The zero-order chi connectivity index (χ0) is 11.5. The monoisotopic (exact) mass is 236 g/mol. The molecule has 2 aromatic heterocycles. The van der Waals surface area contributed by atoms with Crippen LogP contribution in [0.5, 0.6) is 0 Å². The first-order chi connectivity index (χ1) is 7.74. The second-order valence-electron chi connectivity index (χ2n) is 3.23. The molecule has 0 aliphatic heterocycles. The number of amides is 1. The molecule has 5 nitrogen and oxygen atoms in total. The molecule has 0 saturated carbocycles. The van der Waals surface area contributed by atoms with Gasteiger partial charge in [0.1, 0.15) is 0 Å². The quantitative estimate of drug-likeness (QED) is 0.872. The van der Waals surface area contributed by atoms with Gasteiger partial charge < -0.3 is 5.32 Å². The summed E-state index contributed by atoms with van der Waals surface area (Å²) in [5.41, 5.74) is 1.58. The molecule has 0 radical (unpaired) electrons. The van der Waals surface area contributed by atoms with E-state index in [9.17, 15) is 4.79 Å². The number of thiazole rings is 1. The first-order valence-corrected chi connectivity index (χ1v) is 5.84. The number of aryl methyl sites for hydroxylation is 1. The zero-order valence-corrected chi connectivity index (χ0v) is 9.91. The highest BCUT2D eigenvalue weighted by Gasteiger charge is 2.09. The van der Waals surface area contributed by atoms with Crippen molar-refractivity contribution in [2.24, 2.45) is 0 Å². The van der Waals surface area contributed by atoms with Gasteiger partial charge in [0.25, 0.3) is 5.91 Å². The Morgan fingerprint density at radius 3 is 3.06 bits per heavy atom. The van der Waals surface area contributed by atoms with Crippen LogP contribution in [0, 0.1) is 0 Å². The molecule has 0 fully saturated rings. The average Bonchev–Trinajstić information content (AvgIpc) is 2.95. The maximum atomic E-state index is 11.3. The fourth-order valence-electron chi connectivity index (χ4n) is 1.25. The standard InChI is InChI=1S/C10H12N4OS/c1-3-8-6-16-10(13-8)14-5-7(4-12-14)9(15)11-2/h4-6H,3H2,1-2H3,(H,11,15). The molecule has 1 N–H and O–H groups in total. The molecule has 0 aliphatic rings. The van der Waals surface area contributed by atoms with E-state index in [0.29, 0.717) is 5.56 Å². The third-order valence-electron chi connectivity index (χ3n) is 2.17. The number of hydrogen-bond donors (Lipinski definition) is 1. The van der Waals surface area contributed by atoms with Gasteiger partial charge in [-0.05, 0) is 6.42 Å². The van der Waals surface area contributed by atoms with Crippen LogP contribution < -0.4 is 5.32 Å². The Morgan fingerprint density at radius 1 is 1.62 bits per heavy atom. The summed E-state index contributed by atoms with van der Waals surface area (Å²) in [6.45, 7) is 2.05. The lowest BCUT2D eigenvalue weighted by atomic mass is 10.3. The van der Waals surface area contributed by atoms with E-state index in [-0.39, 0.29) is 5.91 Å². The molecule has 0 spiro atoms. The molecule has 16 heavy (non-hydrogen) atoms. The van der Waals surface area contributed by atoms with Crippen LogP contribution in [0.4, 0.5) is 0 Å². The second kappa shape index (κ2) is 4.44. The summed E-state index contributed by atoms with van der Waals surface area (Å²) in [7, 11) is 1.60. The largest absolute Gasteiger partial charge is 0.355 e. The molecule has 1 amide bonds. The predicted molar refractivity (Wildman–Crippen MR) is 62.0 cm³/mol. The summed E-state index contributed by atoms with van der Waals surface area (Å²) < 4.78 is 1.62. The highest BCUT2D eigenvalue weighted by molar-refractivity contribution is 7.12. The minimum Gasteiger partial charge on any atom is -0.355 e. The number of aromatic nitrogens is 3. The van der Waals surface area contributed by atoms with Gasteiger partial charge in [0, 0.05) is 18.6 Å². The Hall–Kier alpha value is -1.69. The van der Waals surface area contributed by atoms with Crippen LogP contribution in [-0.2, 0) is 6.42 Å². The molecule has 0 aromatic carbocycles. The Morgan fingerprint density at radius 2 is 2.44 bits per heavy atom. The van der Waals surface area contributed by atoms with Crippen molar-refractivity contribution in [1.29, 1.82) is 0 Å². The molecule has 0 saturated heterocycles. The fraction of sp³-hybridized carbons (Fsp3) is 0.300.